The van der Waals surface area contributed by atoms with Crippen molar-refractivity contribution in [3.63, 3.8) is 0 Å². The highest BCUT2D eigenvalue weighted by molar-refractivity contribution is 5.69. The van der Waals surface area contributed by atoms with Crippen LogP contribution in [0.15, 0.2) is 0 Å². The third-order valence-electron chi connectivity index (χ3n) is 8.61. The number of carboxylic acid groups (broad SMARTS) is 1. The van der Waals surface area contributed by atoms with Crippen molar-refractivity contribution in [2.45, 2.75) is 186 Å². The van der Waals surface area contributed by atoms with Crippen LogP contribution in [0.25, 0.3) is 0 Å². The largest absolute Gasteiger partial charge is 0.481 e. The number of carbonyl (C=O) groups is 2. The van der Waals surface area contributed by atoms with Crippen molar-refractivity contribution in [2.75, 3.05) is 26.2 Å². The Kier molecular flexibility index (Phi) is 25.3. The summed E-state index contributed by atoms with van der Waals surface area (Å²) in [4.78, 5) is 25.7. The number of nitrogens with zero attached hydrogens (tertiary/aromatic N) is 1. The van der Waals surface area contributed by atoms with Crippen LogP contribution in [0, 0.1) is 0 Å². The zero-order valence-corrected chi connectivity index (χ0v) is 27.5. The van der Waals surface area contributed by atoms with Gasteiger partial charge in [0.15, 0.2) is 0 Å². The van der Waals surface area contributed by atoms with Gasteiger partial charge in [-0.25, -0.2) is 0 Å². The molecule has 1 heterocycles. The van der Waals surface area contributed by atoms with Gasteiger partial charge in [0.25, 0.3) is 0 Å². The van der Waals surface area contributed by atoms with Gasteiger partial charge in [-0.3, -0.25) is 14.5 Å². The van der Waals surface area contributed by atoms with Crippen LogP contribution in [-0.2, 0) is 19.1 Å². The quantitative estimate of drug-likeness (QED) is 0.0659. The molecule has 0 aromatic rings. The summed E-state index contributed by atoms with van der Waals surface area (Å²) in [7, 11) is 0. The summed E-state index contributed by atoms with van der Waals surface area (Å²) in [5, 5.41) is 18.3. The maximum Gasteiger partial charge on any atom is 0.306 e. The van der Waals surface area contributed by atoms with E-state index in [0.717, 1.165) is 83.7 Å². The lowest BCUT2D eigenvalue weighted by molar-refractivity contribution is -0.150. The van der Waals surface area contributed by atoms with Crippen LogP contribution >= 0.6 is 0 Å². The second kappa shape index (κ2) is 27.4. The molecule has 2 atom stereocenters. The molecule has 0 bridgehead atoms. The fourth-order valence-corrected chi connectivity index (χ4v) is 6.11. The summed E-state index contributed by atoms with van der Waals surface area (Å²) in [6.45, 7) is 6.99. The molecule has 42 heavy (non-hydrogen) atoms. The van der Waals surface area contributed by atoms with Gasteiger partial charge >= 0.3 is 11.9 Å². The molecular formula is C35H67NO6. The van der Waals surface area contributed by atoms with Crippen LogP contribution in [-0.4, -0.2) is 71.6 Å². The average Bonchev–Trinajstić information content (AvgIpc) is 2.96. The molecule has 7 nitrogen and oxygen atoms in total. The van der Waals surface area contributed by atoms with E-state index < -0.39 is 5.97 Å². The first-order chi connectivity index (χ1) is 20.5. The molecule has 248 valence electrons. The monoisotopic (exact) mass is 597 g/mol. The molecule has 0 spiro atoms. The Morgan fingerprint density at radius 3 is 1.69 bits per heavy atom. The first kappa shape index (κ1) is 38.8. The molecule has 0 radical (unpaired) electrons. The standard InChI is InChI=1S/C35H67NO6/c1-3-5-7-9-11-15-21-31(22-16-12-10-8-6-4-2)42-35(40)26-20-14-18-24-33-30-36(27-28-37)29-32(41-33)23-17-13-19-25-34(38)39/h31-33,37H,3-30H2,1-2H3,(H,38,39). The van der Waals surface area contributed by atoms with Gasteiger partial charge in [-0.1, -0.05) is 104 Å². The van der Waals surface area contributed by atoms with Crippen molar-refractivity contribution in [1.29, 1.82) is 0 Å². The van der Waals surface area contributed by atoms with Gasteiger partial charge in [0.2, 0.25) is 0 Å². The summed E-state index contributed by atoms with van der Waals surface area (Å²) in [6, 6.07) is 0. The number of aliphatic hydroxyl groups excluding tert-OH is 1. The zero-order valence-electron chi connectivity index (χ0n) is 27.5. The summed E-state index contributed by atoms with van der Waals surface area (Å²) in [5.41, 5.74) is 0. The van der Waals surface area contributed by atoms with E-state index in [1.54, 1.807) is 0 Å². The normalized spacial score (nSPS) is 17.6. The average molecular weight is 598 g/mol. The minimum absolute atomic E-state index is 0.0250. The van der Waals surface area contributed by atoms with Gasteiger partial charge in [0.05, 0.1) is 18.8 Å². The van der Waals surface area contributed by atoms with Crippen LogP contribution in [0.5, 0.6) is 0 Å². The predicted molar refractivity (Wildman–Crippen MR) is 172 cm³/mol. The van der Waals surface area contributed by atoms with Crippen LogP contribution in [0.3, 0.4) is 0 Å². The Labute approximate surface area is 258 Å². The third-order valence-corrected chi connectivity index (χ3v) is 8.61. The topological polar surface area (TPSA) is 96.3 Å². The van der Waals surface area contributed by atoms with E-state index in [-0.39, 0.29) is 37.3 Å². The van der Waals surface area contributed by atoms with Gasteiger partial charge in [-0.05, 0) is 51.4 Å². The fourth-order valence-electron chi connectivity index (χ4n) is 6.11. The van der Waals surface area contributed by atoms with Crippen LogP contribution in [0.4, 0.5) is 0 Å². The van der Waals surface area contributed by atoms with Crippen LogP contribution in [0.1, 0.15) is 168 Å². The highest BCUT2D eigenvalue weighted by atomic mass is 16.5. The van der Waals surface area contributed by atoms with Crippen LogP contribution in [0.2, 0.25) is 0 Å². The molecule has 2 N–H and O–H groups in total. The van der Waals surface area contributed by atoms with Crippen molar-refractivity contribution in [3.05, 3.63) is 0 Å². The number of aliphatic hydroxyl groups is 1. The van der Waals surface area contributed by atoms with Gasteiger partial charge in [-0.15, -0.1) is 0 Å². The number of morpholine rings is 1. The summed E-state index contributed by atoms with van der Waals surface area (Å²) in [5.74, 6) is -0.754. The highest BCUT2D eigenvalue weighted by Crippen LogP contribution is 2.22. The number of hydrogen-bond acceptors (Lipinski definition) is 6. The predicted octanol–water partition coefficient (Wildman–Crippen LogP) is 8.45. The molecule has 1 aliphatic rings. The Morgan fingerprint density at radius 1 is 0.714 bits per heavy atom. The number of esters is 1. The molecular weight excluding hydrogens is 530 g/mol. The third kappa shape index (κ3) is 22.4. The lowest BCUT2D eigenvalue weighted by atomic mass is 10.0. The number of carboxylic acids is 1. The number of hydrogen-bond donors (Lipinski definition) is 2. The second-order valence-electron chi connectivity index (χ2n) is 12.7. The van der Waals surface area contributed by atoms with Gasteiger partial charge in [0.1, 0.15) is 6.10 Å². The Hall–Kier alpha value is -1.18. The molecule has 0 aromatic carbocycles. The van der Waals surface area contributed by atoms with E-state index in [0.29, 0.717) is 19.4 Å². The molecule has 7 heteroatoms. The zero-order chi connectivity index (χ0) is 30.7. The first-order valence-electron chi connectivity index (χ1n) is 17.9. The van der Waals surface area contributed by atoms with E-state index >= 15 is 0 Å². The van der Waals surface area contributed by atoms with Gasteiger partial charge in [0, 0.05) is 32.5 Å². The maximum atomic E-state index is 12.7. The van der Waals surface area contributed by atoms with E-state index in [9.17, 15) is 14.7 Å². The number of aliphatic carboxylic acids is 1. The van der Waals surface area contributed by atoms with E-state index in [1.807, 2.05) is 0 Å². The summed E-state index contributed by atoms with van der Waals surface area (Å²) >= 11 is 0. The molecule has 2 unspecified atom stereocenters. The molecule has 0 amide bonds. The lowest BCUT2D eigenvalue weighted by Crippen LogP contribution is -2.48. The smallest absolute Gasteiger partial charge is 0.306 e. The molecule has 1 fully saturated rings. The number of unbranched alkanes of at least 4 members (excludes halogenated alkanes) is 14. The van der Waals surface area contributed by atoms with Crippen LogP contribution < -0.4 is 0 Å². The van der Waals surface area contributed by atoms with Crippen molar-refractivity contribution in [1.82, 2.24) is 4.90 Å². The molecule has 1 aliphatic heterocycles. The van der Waals surface area contributed by atoms with Gasteiger partial charge in [-0.2, -0.15) is 0 Å². The molecule has 0 aromatic heterocycles. The van der Waals surface area contributed by atoms with Crippen molar-refractivity contribution >= 4 is 11.9 Å². The lowest BCUT2D eigenvalue weighted by Gasteiger charge is -2.38. The minimum atomic E-state index is -0.729. The Bertz CT molecular complexity index is 629. The second-order valence-corrected chi connectivity index (χ2v) is 12.7. The van der Waals surface area contributed by atoms with E-state index in [2.05, 4.69) is 18.7 Å². The Balaban J connectivity index is 2.32. The summed E-state index contributed by atoms with van der Waals surface area (Å²) < 4.78 is 12.4. The molecule has 1 rings (SSSR count). The number of β-amino-alcohol motifs (C(OH)–C–C–N with tert-alkyl or cyclic N) is 1. The van der Waals surface area contributed by atoms with Crippen molar-refractivity contribution in [2.24, 2.45) is 0 Å². The molecule has 1 saturated heterocycles. The van der Waals surface area contributed by atoms with Crippen molar-refractivity contribution < 1.29 is 29.3 Å². The maximum absolute atomic E-state index is 12.7. The molecule has 0 aliphatic carbocycles. The molecule has 0 saturated carbocycles. The minimum Gasteiger partial charge on any atom is -0.481 e. The van der Waals surface area contributed by atoms with Gasteiger partial charge < -0.3 is 19.7 Å². The van der Waals surface area contributed by atoms with Crippen molar-refractivity contribution in [3.8, 4) is 0 Å². The summed E-state index contributed by atoms with van der Waals surface area (Å²) in [6.07, 6.45) is 25.7. The van der Waals surface area contributed by atoms with E-state index in [4.69, 9.17) is 14.6 Å². The number of ether oxygens (including phenoxy) is 2. The SMILES string of the molecule is CCCCCCCCC(CCCCCCCC)OC(=O)CCCCCC1CN(CCO)CC(CCCCCC(=O)O)O1. The van der Waals surface area contributed by atoms with E-state index in [1.165, 1.54) is 64.2 Å². The number of rotatable bonds is 29. The fraction of sp³-hybridized carbons (Fsp3) is 0.943. The first-order valence-corrected chi connectivity index (χ1v) is 17.9. The number of carbonyl (C=O) groups excluding carboxylic acids is 1. The Morgan fingerprint density at radius 2 is 1.19 bits per heavy atom. The highest BCUT2D eigenvalue weighted by Gasteiger charge is 2.27.